The van der Waals surface area contributed by atoms with E-state index >= 15 is 0 Å². The zero-order valence-electron chi connectivity index (χ0n) is 11.2. The summed E-state index contributed by atoms with van der Waals surface area (Å²) in [5, 5.41) is 0. The normalized spacial score (nSPS) is 15.9. The minimum absolute atomic E-state index is 0.335. The standard InChI is InChI=1S/C17H15NO2/c1-11-5-4-8-14(18)16(11)17(19)20-15-10-9-12-6-2-3-7-13(12)15/h2-10,15H,18H2,1H3. The molecule has 1 aliphatic rings. The molecule has 0 bridgehead atoms. The van der Waals surface area contributed by atoms with E-state index in [-0.39, 0.29) is 12.1 Å². The Labute approximate surface area is 117 Å². The van der Waals surface area contributed by atoms with Gasteiger partial charge in [-0.25, -0.2) is 4.79 Å². The molecule has 3 heteroatoms. The molecule has 0 fully saturated rings. The largest absolute Gasteiger partial charge is 0.450 e. The van der Waals surface area contributed by atoms with Crippen molar-refractivity contribution in [2.45, 2.75) is 13.0 Å². The lowest BCUT2D eigenvalue weighted by Crippen LogP contribution is -2.12. The second-order valence-corrected chi connectivity index (χ2v) is 4.85. The quantitative estimate of drug-likeness (QED) is 0.668. The number of esters is 1. The fourth-order valence-electron chi connectivity index (χ4n) is 2.46. The van der Waals surface area contributed by atoms with Gasteiger partial charge in [-0.2, -0.15) is 0 Å². The van der Waals surface area contributed by atoms with Crippen molar-refractivity contribution < 1.29 is 9.53 Å². The van der Waals surface area contributed by atoms with E-state index in [0.29, 0.717) is 11.3 Å². The van der Waals surface area contributed by atoms with Crippen LogP contribution in [0, 0.1) is 6.92 Å². The van der Waals surface area contributed by atoms with Crippen molar-refractivity contribution in [1.29, 1.82) is 0 Å². The molecule has 0 spiro atoms. The van der Waals surface area contributed by atoms with Crippen LogP contribution in [0.15, 0.2) is 48.5 Å². The lowest BCUT2D eigenvalue weighted by Gasteiger charge is -2.14. The number of carbonyl (C=O) groups is 1. The first kappa shape index (κ1) is 12.5. The van der Waals surface area contributed by atoms with Crippen LogP contribution in [0.2, 0.25) is 0 Å². The highest BCUT2D eigenvalue weighted by molar-refractivity contribution is 5.97. The Balaban J connectivity index is 1.87. The molecule has 2 aromatic carbocycles. The molecule has 2 aromatic rings. The van der Waals surface area contributed by atoms with Crippen LogP contribution in [0.25, 0.3) is 6.08 Å². The van der Waals surface area contributed by atoms with Gasteiger partial charge in [-0.05, 0) is 30.2 Å². The van der Waals surface area contributed by atoms with Crippen LogP contribution in [0.3, 0.4) is 0 Å². The molecule has 100 valence electrons. The molecule has 3 rings (SSSR count). The van der Waals surface area contributed by atoms with Gasteiger partial charge in [-0.3, -0.25) is 0 Å². The molecule has 0 saturated heterocycles. The van der Waals surface area contributed by atoms with Gasteiger partial charge in [0.2, 0.25) is 0 Å². The summed E-state index contributed by atoms with van der Waals surface area (Å²) < 4.78 is 5.58. The highest BCUT2D eigenvalue weighted by atomic mass is 16.5. The number of ether oxygens (including phenoxy) is 1. The topological polar surface area (TPSA) is 52.3 Å². The number of benzene rings is 2. The first-order valence-corrected chi connectivity index (χ1v) is 6.50. The van der Waals surface area contributed by atoms with Crippen LogP contribution in [0.4, 0.5) is 5.69 Å². The number of hydrogen-bond donors (Lipinski definition) is 1. The zero-order valence-corrected chi connectivity index (χ0v) is 11.2. The van der Waals surface area contributed by atoms with Crippen LogP contribution < -0.4 is 5.73 Å². The van der Waals surface area contributed by atoms with E-state index in [0.717, 1.165) is 16.7 Å². The summed E-state index contributed by atoms with van der Waals surface area (Å²) in [6.07, 6.45) is 3.52. The number of aryl methyl sites for hydroxylation is 1. The number of hydrogen-bond acceptors (Lipinski definition) is 3. The molecular formula is C17H15NO2. The summed E-state index contributed by atoms with van der Waals surface area (Å²) in [4.78, 5) is 12.3. The Morgan fingerprint density at radius 3 is 2.75 bits per heavy atom. The zero-order chi connectivity index (χ0) is 14.1. The molecule has 0 heterocycles. The Morgan fingerprint density at radius 2 is 1.95 bits per heavy atom. The van der Waals surface area contributed by atoms with Crippen LogP contribution >= 0.6 is 0 Å². The summed E-state index contributed by atoms with van der Waals surface area (Å²) in [5.74, 6) is -0.382. The van der Waals surface area contributed by atoms with Crippen molar-refractivity contribution in [2.24, 2.45) is 0 Å². The maximum atomic E-state index is 12.3. The van der Waals surface area contributed by atoms with Gasteiger partial charge >= 0.3 is 5.97 Å². The van der Waals surface area contributed by atoms with Crippen molar-refractivity contribution in [1.82, 2.24) is 0 Å². The van der Waals surface area contributed by atoms with E-state index in [9.17, 15) is 4.79 Å². The van der Waals surface area contributed by atoms with E-state index in [1.807, 2.05) is 55.5 Å². The van der Waals surface area contributed by atoms with E-state index in [1.54, 1.807) is 6.07 Å². The van der Waals surface area contributed by atoms with Gasteiger partial charge in [-0.15, -0.1) is 0 Å². The van der Waals surface area contributed by atoms with E-state index in [2.05, 4.69) is 0 Å². The monoisotopic (exact) mass is 265 g/mol. The average molecular weight is 265 g/mol. The average Bonchev–Trinajstić information content (AvgIpc) is 2.82. The summed E-state index contributed by atoms with van der Waals surface area (Å²) in [6.45, 7) is 1.85. The maximum absolute atomic E-state index is 12.3. The highest BCUT2D eigenvalue weighted by Gasteiger charge is 2.23. The molecule has 1 unspecified atom stereocenters. The summed E-state index contributed by atoms with van der Waals surface area (Å²) >= 11 is 0. The van der Waals surface area contributed by atoms with E-state index < -0.39 is 0 Å². The van der Waals surface area contributed by atoms with Crippen LogP contribution in [-0.4, -0.2) is 5.97 Å². The molecule has 0 saturated carbocycles. The predicted octanol–water partition coefficient (Wildman–Crippen LogP) is 3.50. The fourth-order valence-corrected chi connectivity index (χ4v) is 2.46. The highest BCUT2D eigenvalue weighted by Crippen LogP contribution is 2.32. The Hall–Kier alpha value is -2.55. The summed E-state index contributed by atoms with van der Waals surface area (Å²) in [7, 11) is 0. The first-order chi connectivity index (χ1) is 9.66. The minimum Gasteiger partial charge on any atom is -0.450 e. The molecule has 3 nitrogen and oxygen atoms in total. The summed E-state index contributed by atoms with van der Waals surface area (Å²) in [6, 6.07) is 13.3. The minimum atomic E-state index is -0.382. The number of anilines is 1. The second kappa shape index (κ2) is 4.85. The smallest absolute Gasteiger partial charge is 0.341 e. The lowest BCUT2D eigenvalue weighted by molar-refractivity contribution is 0.0397. The number of carbonyl (C=O) groups excluding carboxylic acids is 1. The fraction of sp³-hybridized carbons (Fsp3) is 0.118. The number of rotatable bonds is 2. The second-order valence-electron chi connectivity index (χ2n) is 4.85. The third-order valence-corrected chi connectivity index (χ3v) is 3.50. The van der Waals surface area contributed by atoms with Gasteiger partial charge in [0.25, 0.3) is 0 Å². The van der Waals surface area contributed by atoms with Gasteiger partial charge in [-0.1, -0.05) is 42.5 Å². The van der Waals surface area contributed by atoms with Gasteiger partial charge in [0.15, 0.2) is 0 Å². The molecule has 0 amide bonds. The third-order valence-electron chi connectivity index (χ3n) is 3.50. The van der Waals surface area contributed by atoms with Crippen LogP contribution in [0.1, 0.15) is 33.2 Å². The lowest BCUT2D eigenvalue weighted by atomic mass is 10.1. The van der Waals surface area contributed by atoms with Gasteiger partial charge in [0.1, 0.15) is 6.10 Å². The van der Waals surface area contributed by atoms with Gasteiger partial charge < -0.3 is 10.5 Å². The molecular weight excluding hydrogens is 250 g/mol. The van der Waals surface area contributed by atoms with E-state index in [1.165, 1.54) is 0 Å². The Bertz CT molecular complexity index is 684. The molecule has 2 N–H and O–H groups in total. The van der Waals surface area contributed by atoms with Crippen molar-refractivity contribution in [3.63, 3.8) is 0 Å². The SMILES string of the molecule is Cc1cccc(N)c1C(=O)OC1C=Cc2ccccc21. The van der Waals surface area contributed by atoms with Crippen LogP contribution in [0.5, 0.6) is 0 Å². The Kier molecular flexibility index (Phi) is 3.03. The predicted molar refractivity (Wildman–Crippen MR) is 79.2 cm³/mol. The Morgan fingerprint density at radius 1 is 1.15 bits per heavy atom. The first-order valence-electron chi connectivity index (χ1n) is 6.50. The molecule has 20 heavy (non-hydrogen) atoms. The van der Waals surface area contributed by atoms with Crippen molar-refractivity contribution >= 4 is 17.7 Å². The van der Waals surface area contributed by atoms with E-state index in [4.69, 9.17) is 10.5 Å². The van der Waals surface area contributed by atoms with Crippen molar-refractivity contribution in [3.05, 3.63) is 70.8 Å². The molecule has 0 aliphatic heterocycles. The molecule has 0 radical (unpaired) electrons. The molecule has 1 atom stereocenters. The van der Waals surface area contributed by atoms with Crippen LogP contribution in [-0.2, 0) is 4.74 Å². The number of nitrogen functional groups attached to an aromatic ring is 1. The third kappa shape index (κ3) is 2.07. The number of nitrogens with two attached hydrogens (primary N) is 1. The molecule has 0 aromatic heterocycles. The summed E-state index contributed by atoms with van der Waals surface area (Å²) in [5.41, 5.74) is 9.69. The van der Waals surface area contributed by atoms with Crippen molar-refractivity contribution in [3.8, 4) is 0 Å². The van der Waals surface area contributed by atoms with Gasteiger partial charge in [0.05, 0.1) is 5.56 Å². The maximum Gasteiger partial charge on any atom is 0.341 e. The van der Waals surface area contributed by atoms with Crippen molar-refractivity contribution in [2.75, 3.05) is 5.73 Å². The van der Waals surface area contributed by atoms with Gasteiger partial charge in [0, 0.05) is 11.3 Å². The number of fused-ring (bicyclic) bond motifs is 1. The molecule has 1 aliphatic carbocycles.